The highest BCUT2D eigenvalue weighted by Gasteiger charge is 2.36. The van der Waals surface area contributed by atoms with Crippen molar-refractivity contribution >= 4 is 0 Å². The van der Waals surface area contributed by atoms with E-state index in [-0.39, 0.29) is 17.4 Å². The van der Waals surface area contributed by atoms with Gasteiger partial charge < -0.3 is 19.7 Å². The van der Waals surface area contributed by atoms with Gasteiger partial charge in [0.15, 0.2) is 23.0 Å². The molecule has 0 spiro atoms. The summed E-state index contributed by atoms with van der Waals surface area (Å²) in [4.78, 5) is 0. The molecule has 3 rings (SSSR count). The highest BCUT2D eigenvalue weighted by atomic mass is 16.5. The lowest BCUT2D eigenvalue weighted by molar-refractivity contribution is 0.260. The zero-order valence-corrected chi connectivity index (χ0v) is 16.0. The van der Waals surface area contributed by atoms with Crippen LogP contribution in [0.3, 0.4) is 0 Å². The predicted molar refractivity (Wildman–Crippen MR) is 102 cm³/mol. The van der Waals surface area contributed by atoms with Crippen LogP contribution in [0.2, 0.25) is 0 Å². The molecule has 2 aromatic carbocycles. The fraction of sp³-hybridized carbons (Fsp3) is 0.455. The Morgan fingerprint density at radius 2 is 1.62 bits per heavy atom. The summed E-state index contributed by atoms with van der Waals surface area (Å²) >= 11 is 0. The molecule has 0 unspecified atom stereocenters. The third kappa shape index (κ3) is 3.09. The number of rotatable bonds is 5. The minimum atomic E-state index is 0.143. The summed E-state index contributed by atoms with van der Waals surface area (Å²) in [5.74, 6) is 2.50. The Balaban J connectivity index is 2.19. The monoisotopic (exact) mass is 356 g/mol. The van der Waals surface area contributed by atoms with Crippen molar-refractivity contribution in [2.75, 3.05) is 14.2 Å². The zero-order chi connectivity index (χ0) is 18.8. The van der Waals surface area contributed by atoms with Crippen molar-refractivity contribution in [3.8, 4) is 23.0 Å². The molecule has 1 aliphatic rings. The summed E-state index contributed by atoms with van der Waals surface area (Å²) in [6.07, 6.45) is 3.15. The van der Waals surface area contributed by atoms with E-state index < -0.39 is 0 Å². The highest BCUT2D eigenvalue weighted by Crippen LogP contribution is 2.49. The molecule has 0 fully saturated rings. The van der Waals surface area contributed by atoms with Gasteiger partial charge in [-0.25, -0.2) is 0 Å². The molecule has 140 valence electrons. The van der Waals surface area contributed by atoms with Crippen LogP contribution in [-0.2, 0) is 6.42 Å². The number of fused-ring (bicyclic) bond motifs is 1. The van der Waals surface area contributed by atoms with Gasteiger partial charge in [-0.3, -0.25) is 0 Å². The van der Waals surface area contributed by atoms with Gasteiger partial charge in [-0.2, -0.15) is 0 Å². The van der Waals surface area contributed by atoms with Crippen LogP contribution in [0, 0.1) is 11.8 Å². The SMILES string of the molecule is CC[C@@H]1Cc2cc(OC)c(O)cc2[C@H](c2ccc(O)c(OC)c2)[C@H]1CC. The summed E-state index contributed by atoms with van der Waals surface area (Å²) in [6.45, 7) is 4.47. The molecule has 0 radical (unpaired) electrons. The number of benzene rings is 2. The van der Waals surface area contributed by atoms with Crippen LogP contribution in [0.1, 0.15) is 49.3 Å². The van der Waals surface area contributed by atoms with Crippen molar-refractivity contribution in [3.05, 3.63) is 47.0 Å². The molecule has 0 heterocycles. The standard InChI is InChI=1S/C22H28O4/c1-5-13-9-15-11-21(26-4)19(24)12-17(15)22(16(13)6-2)14-7-8-18(23)20(10-14)25-3/h7-8,10-13,16,22-24H,5-6,9H2,1-4H3/t13-,16+,22-/m1/s1. The molecule has 3 atom stereocenters. The van der Waals surface area contributed by atoms with E-state index in [0.717, 1.165) is 30.4 Å². The fourth-order valence-electron chi connectivity index (χ4n) is 4.52. The molecule has 0 aliphatic heterocycles. The minimum absolute atomic E-state index is 0.143. The average Bonchev–Trinajstić information content (AvgIpc) is 2.66. The van der Waals surface area contributed by atoms with Crippen molar-refractivity contribution in [1.82, 2.24) is 0 Å². The van der Waals surface area contributed by atoms with Crippen molar-refractivity contribution in [3.63, 3.8) is 0 Å². The summed E-state index contributed by atoms with van der Waals surface area (Å²) in [7, 11) is 3.15. The van der Waals surface area contributed by atoms with Crippen LogP contribution in [-0.4, -0.2) is 24.4 Å². The number of ether oxygens (including phenoxy) is 2. The van der Waals surface area contributed by atoms with E-state index in [1.165, 1.54) is 5.56 Å². The Labute approximate surface area is 155 Å². The smallest absolute Gasteiger partial charge is 0.160 e. The van der Waals surface area contributed by atoms with Gasteiger partial charge in [-0.1, -0.05) is 32.8 Å². The third-order valence-corrected chi connectivity index (χ3v) is 5.85. The summed E-state index contributed by atoms with van der Waals surface area (Å²) < 4.78 is 10.7. The summed E-state index contributed by atoms with van der Waals surface area (Å²) in [6, 6.07) is 9.41. The zero-order valence-electron chi connectivity index (χ0n) is 16.0. The Hall–Kier alpha value is -2.36. The summed E-state index contributed by atoms with van der Waals surface area (Å²) in [5, 5.41) is 20.3. The van der Waals surface area contributed by atoms with Crippen LogP contribution in [0.25, 0.3) is 0 Å². The molecule has 4 heteroatoms. The average molecular weight is 356 g/mol. The molecule has 0 saturated carbocycles. The van der Waals surface area contributed by atoms with Crippen LogP contribution in [0.4, 0.5) is 0 Å². The maximum absolute atomic E-state index is 10.4. The van der Waals surface area contributed by atoms with Crippen molar-refractivity contribution in [1.29, 1.82) is 0 Å². The van der Waals surface area contributed by atoms with Gasteiger partial charge in [-0.05, 0) is 59.2 Å². The molecule has 4 nitrogen and oxygen atoms in total. The van der Waals surface area contributed by atoms with Gasteiger partial charge in [0.2, 0.25) is 0 Å². The lowest BCUT2D eigenvalue weighted by Crippen LogP contribution is -2.30. The topological polar surface area (TPSA) is 58.9 Å². The lowest BCUT2D eigenvalue weighted by atomic mass is 9.65. The van der Waals surface area contributed by atoms with E-state index in [1.807, 2.05) is 24.3 Å². The van der Waals surface area contributed by atoms with Crippen LogP contribution in [0.15, 0.2) is 30.3 Å². The Morgan fingerprint density at radius 3 is 2.23 bits per heavy atom. The van der Waals surface area contributed by atoms with E-state index in [0.29, 0.717) is 23.3 Å². The first-order valence-corrected chi connectivity index (χ1v) is 9.30. The quantitative estimate of drug-likeness (QED) is 0.803. The fourth-order valence-corrected chi connectivity index (χ4v) is 4.52. The normalized spacial score (nSPS) is 21.9. The van der Waals surface area contributed by atoms with Crippen LogP contribution < -0.4 is 9.47 Å². The second kappa shape index (κ2) is 7.48. The molecular weight excluding hydrogens is 328 g/mol. The molecule has 0 aromatic heterocycles. The number of methoxy groups -OCH3 is 2. The van der Waals surface area contributed by atoms with Gasteiger partial charge >= 0.3 is 0 Å². The summed E-state index contributed by atoms with van der Waals surface area (Å²) in [5.41, 5.74) is 3.48. The van der Waals surface area contributed by atoms with Crippen molar-refractivity contribution in [2.45, 2.75) is 39.0 Å². The molecule has 0 amide bonds. The predicted octanol–water partition coefficient (Wildman–Crippen LogP) is 4.86. The molecule has 2 aromatic rings. The first kappa shape index (κ1) is 18.4. The molecule has 2 N–H and O–H groups in total. The van der Waals surface area contributed by atoms with Gasteiger partial charge in [0, 0.05) is 5.92 Å². The van der Waals surface area contributed by atoms with E-state index in [1.54, 1.807) is 20.3 Å². The van der Waals surface area contributed by atoms with Crippen molar-refractivity contribution < 1.29 is 19.7 Å². The first-order valence-electron chi connectivity index (χ1n) is 9.30. The van der Waals surface area contributed by atoms with E-state index in [9.17, 15) is 10.2 Å². The molecule has 1 aliphatic carbocycles. The first-order chi connectivity index (χ1) is 12.5. The number of aromatic hydroxyl groups is 2. The maximum Gasteiger partial charge on any atom is 0.160 e. The Kier molecular flexibility index (Phi) is 5.30. The molecule has 0 bridgehead atoms. The number of hydrogen-bond donors (Lipinski definition) is 2. The highest BCUT2D eigenvalue weighted by molar-refractivity contribution is 5.53. The second-order valence-corrected chi connectivity index (χ2v) is 7.08. The van der Waals surface area contributed by atoms with Gasteiger partial charge in [0.25, 0.3) is 0 Å². The molecular formula is C22H28O4. The van der Waals surface area contributed by atoms with Crippen LogP contribution >= 0.6 is 0 Å². The second-order valence-electron chi connectivity index (χ2n) is 7.08. The van der Waals surface area contributed by atoms with Gasteiger partial charge in [0.1, 0.15) is 0 Å². The lowest BCUT2D eigenvalue weighted by Gasteiger charge is -2.40. The number of phenols is 2. The van der Waals surface area contributed by atoms with Gasteiger partial charge in [-0.15, -0.1) is 0 Å². The van der Waals surface area contributed by atoms with E-state index in [4.69, 9.17) is 9.47 Å². The minimum Gasteiger partial charge on any atom is -0.504 e. The van der Waals surface area contributed by atoms with E-state index >= 15 is 0 Å². The molecule has 0 saturated heterocycles. The van der Waals surface area contributed by atoms with Crippen molar-refractivity contribution in [2.24, 2.45) is 11.8 Å². The largest absolute Gasteiger partial charge is 0.504 e. The number of hydrogen-bond acceptors (Lipinski definition) is 4. The molecule has 26 heavy (non-hydrogen) atoms. The number of phenolic OH excluding ortho intramolecular Hbond substituents is 2. The van der Waals surface area contributed by atoms with Crippen LogP contribution in [0.5, 0.6) is 23.0 Å². The third-order valence-electron chi connectivity index (χ3n) is 5.85. The van der Waals surface area contributed by atoms with E-state index in [2.05, 4.69) is 13.8 Å². The maximum atomic E-state index is 10.4. The van der Waals surface area contributed by atoms with Gasteiger partial charge in [0.05, 0.1) is 14.2 Å². The Morgan fingerprint density at radius 1 is 0.923 bits per heavy atom. The Bertz CT molecular complexity index is 784.